The van der Waals surface area contributed by atoms with E-state index in [1.165, 1.54) is 12.1 Å². The second kappa shape index (κ2) is 6.02. The summed E-state index contributed by atoms with van der Waals surface area (Å²) in [6.07, 6.45) is 1.86. The van der Waals surface area contributed by atoms with Gasteiger partial charge in [-0.05, 0) is 36.8 Å². The molecule has 27 heavy (non-hydrogen) atoms. The van der Waals surface area contributed by atoms with Gasteiger partial charge in [0.2, 0.25) is 0 Å². The zero-order valence-corrected chi connectivity index (χ0v) is 14.7. The molecule has 0 radical (unpaired) electrons. The summed E-state index contributed by atoms with van der Waals surface area (Å²) in [6.45, 7) is 2.05. The second-order valence-corrected chi connectivity index (χ2v) is 6.65. The summed E-state index contributed by atoms with van der Waals surface area (Å²) >= 11 is 0. The third kappa shape index (κ3) is 2.57. The van der Waals surface area contributed by atoms with E-state index in [0.717, 1.165) is 38.6 Å². The van der Waals surface area contributed by atoms with Crippen LogP contribution in [-0.2, 0) is 0 Å². The van der Waals surface area contributed by atoms with Gasteiger partial charge >= 0.3 is 0 Å². The van der Waals surface area contributed by atoms with Gasteiger partial charge in [-0.25, -0.2) is 9.07 Å². The maximum atomic E-state index is 13.9. The molecule has 5 rings (SSSR count). The van der Waals surface area contributed by atoms with E-state index < -0.39 is 0 Å². The highest BCUT2D eigenvalue weighted by Gasteiger charge is 2.17. The van der Waals surface area contributed by atoms with Crippen molar-refractivity contribution in [2.24, 2.45) is 0 Å². The Hall–Kier alpha value is -3.53. The molecule has 0 unspecified atom stereocenters. The normalized spacial score (nSPS) is 11.3. The molecule has 4 heteroatoms. The van der Waals surface area contributed by atoms with Crippen molar-refractivity contribution in [2.75, 3.05) is 0 Å². The molecule has 0 aliphatic carbocycles. The van der Waals surface area contributed by atoms with Crippen LogP contribution in [0.5, 0.6) is 0 Å². The third-order valence-corrected chi connectivity index (χ3v) is 4.76. The number of rotatable bonds is 2. The molecule has 130 valence electrons. The first kappa shape index (κ1) is 15.7. The molecule has 0 bridgehead atoms. The molecule has 2 heterocycles. The number of aromatic nitrogens is 3. The number of nitrogens with zero attached hydrogens (tertiary/aromatic N) is 3. The van der Waals surface area contributed by atoms with Crippen LogP contribution in [0.4, 0.5) is 4.39 Å². The molecule has 2 aromatic heterocycles. The van der Waals surface area contributed by atoms with Crippen LogP contribution in [0.1, 0.15) is 5.56 Å². The summed E-state index contributed by atoms with van der Waals surface area (Å²) in [4.78, 5) is 4.65. The van der Waals surface area contributed by atoms with Gasteiger partial charge in [0.25, 0.3) is 0 Å². The van der Waals surface area contributed by atoms with Crippen LogP contribution < -0.4 is 0 Å². The van der Waals surface area contributed by atoms with E-state index in [4.69, 9.17) is 5.10 Å². The van der Waals surface area contributed by atoms with Gasteiger partial charge in [0.1, 0.15) is 11.5 Å². The largest absolute Gasteiger partial charge is 0.255 e. The molecule has 0 aliphatic heterocycles. The Balaban J connectivity index is 1.92. The van der Waals surface area contributed by atoms with Crippen molar-refractivity contribution < 1.29 is 4.39 Å². The number of hydrogen-bond donors (Lipinski definition) is 0. The number of halogens is 1. The minimum atomic E-state index is -0.286. The third-order valence-electron chi connectivity index (χ3n) is 4.76. The highest BCUT2D eigenvalue weighted by atomic mass is 19.1. The van der Waals surface area contributed by atoms with E-state index in [1.807, 2.05) is 54.2 Å². The highest BCUT2D eigenvalue weighted by molar-refractivity contribution is 6.08. The van der Waals surface area contributed by atoms with Gasteiger partial charge in [-0.15, -0.1) is 0 Å². The molecule has 0 fully saturated rings. The lowest BCUT2D eigenvalue weighted by atomic mass is 10.1. The minimum absolute atomic E-state index is 0.286. The minimum Gasteiger partial charge on any atom is -0.255 e. The van der Waals surface area contributed by atoms with Gasteiger partial charge in [0, 0.05) is 22.5 Å². The van der Waals surface area contributed by atoms with Crippen molar-refractivity contribution >= 4 is 21.8 Å². The fourth-order valence-electron chi connectivity index (χ4n) is 3.50. The van der Waals surface area contributed by atoms with Crippen molar-refractivity contribution in [1.29, 1.82) is 0 Å². The lowest BCUT2D eigenvalue weighted by Crippen LogP contribution is -1.98. The van der Waals surface area contributed by atoms with E-state index in [9.17, 15) is 4.39 Å². The number of pyridine rings is 1. The van der Waals surface area contributed by atoms with E-state index in [0.29, 0.717) is 5.69 Å². The van der Waals surface area contributed by atoms with Crippen molar-refractivity contribution in [3.63, 3.8) is 0 Å². The SMILES string of the molecule is Cc1ccc2c(c1)ncc1c(-c3ccccc3)nn(-c3cccc(F)c3)c12. The first-order valence-electron chi connectivity index (χ1n) is 8.80. The zero-order chi connectivity index (χ0) is 18.4. The Morgan fingerprint density at radius 1 is 0.852 bits per heavy atom. The van der Waals surface area contributed by atoms with E-state index >= 15 is 0 Å². The number of fused-ring (bicyclic) bond motifs is 3. The van der Waals surface area contributed by atoms with E-state index in [1.54, 1.807) is 6.07 Å². The maximum absolute atomic E-state index is 13.9. The smallest absolute Gasteiger partial charge is 0.125 e. The summed E-state index contributed by atoms with van der Waals surface area (Å²) < 4.78 is 15.7. The van der Waals surface area contributed by atoms with Crippen LogP contribution in [0.15, 0.2) is 79.0 Å². The molecule has 0 saturated carbocycles. The molecule has 3 aromatic carbocycles. The van der Waals surface area contributed by atoms with Gasteiger partial charge in [-0.3, -0.25) is 4.98 Å². The molecule has 0 N–H and O–H groups in total. The molecule has 0 saturated heterocycles. The summed E-state index contributed by atoms with van der Waals surface area (Å²) in [6, 6.07) is 22.7. The number of aryl methyl sites for hydroxylation is 1. The lowest BCUT2D eigenvalue weighted by Gasteiger charge is -2.06. The van der Waals surface area contributed by atoms with Crippen molar-refractivity contribution in [2.45, 2.75) is 6.92 Å². The molecule has 0 amide bonds. The maximum Gasteiger partial charge on any atom is 0.125 e. The second-order valence-electron chi connectivity index (χ2n) is 6.65. The summed E-state index contributed by atoms with van der Waals surface area (Å²) in [5, 5.41) is 6.80. The fraction of sp³-hybridized carbons (Fsp3) is 0.0435. The van der Waals surface area contributed by atoms with Gasteiger partial charge in [0.05, 0.1) is 16.7 Å². The first-order valence-corrected chi connectivity index (χ1v) is 8.80. The predicted molar refractivity (Wildman–Crippen MR) is 107 cm³/mol. The number of benzene rings is 3. The Morgan fingerprint density at radius 2 is 1.70 bits per heavy atom. The summed E-state index contributed by atoms with van der Waals surface area (Å²) in [7, 11) is 0. The van der Waals surface area contributed by atoms with Crippen LogP contribution in [0.25, 0.3) is 38.8 Å². The van der Waals surface area contributed by atoms with Crippen molar-refractivity contribution in [3.05, 3.63) is 90.4 Å². The topological polar surface area (TPSA) is 30.7 Å². The first-order chi connectivity index (χ1) is 13.2. The Kier molecular flexibility index (Phi) is 3.50. The summed E-state index contributed by atoms with van der Waals surface area (Å²) in [5.74, 6) is -0.286. The molecule has 3 nitrogen and oxygen atoms in total. The molecule has 0 atom stereocenters. The van der Waals surface area contributed by atoms with Crippen LogP contribution in [0, 0.1) is 12.7 Å². The zero-order valence-electron chi connectivity index (χ0n) is 14.7. The molecule has 0 aliphatic rings. The van der Waals surface area contributed by atoms with E-state index in [2.05, 4.69) is 23.2 Å². The predicted octanol–water partition coefficient (Wildman–Crippen LogP) is 5.69. The van der Waals surface area contributed by atoms with Gasteiger partial charge in [-0.1, -0.05) is 48.5 Å². The average molecular weight is 353 g/mol. The molecule has 0 spiro atoms. The van der Waals surface area contributed by atoms with Crippen molar-refractivity contribution in [1.82, 2.24) is 14.8 Å². The Labute approximate surface area is 155 Å². The van der Waals surface area contributed by atoms with Gasteiger partial charge in [-0.2, -0.15) is 5.10 Å². The standard InChI is InChI=1S/C23H16FN3/c1-15-10-11-19-21(12-15)25-14-20-22(16-6-3-2-4-7-16)26-27(23(19)20)18-9-5-8-17(24)13-18/h2-14H,1H3. The van der Waals surface area contributed by atoms with Gasteiger partial charge in [0.15, 0.2) is 0 Å². The lowest BCUT2D eigenvalue weighted by molar-refractivity contribution is 0.626. The summed E-state index contributed by atoms with van der Waals surface area (Å²) in [5.41, 5.74) is 5.52. The quantitative estimate of drug-likeness (QED) is 0.408. The monoisotopic (exact) mass is 353 g/mol. The van der Waals surface area contributed by atoms with Crippen LogP contribution >= 0.6 is 0 Å². The Morgan fingerprint density at radius 3 is 2.52 bits per heavy atom. The molecular weight excluding hydrogens is 337 g/mol. The fourth-order valence-corrected chi connectivity index (χ4v) is 3.50. The Bertz CT molecular complexity index is 1290. The van der Waals surface area contributed by atoms with Crippen LogP contribution in [0.3, 0.4) is 0 Å². The molecule has 5 aromatic rings. The highest BCUT2D eigenvalue weighted by Crippen LogP contribution is 2.33. The van der Waals surface area contributed by atoms with E-state index in [-0.39, 0.29) is 5.82 Å². The average Bonchev–Trinajstić information content (AvgIpc) is 3.08. The van der Waals surface area contributed by atoms with Crippen molar-refractivity contribution in [3.8, 4) is 16.9 Å². The number of hydrogen-bond acceptors (Lipinski definition) is 2. The molecular formula is C23H16FN3. The van der Waals surface area contributed by atoms with Crippen LogP contribution in [-0.4, -0.2) is 14.8 Å². The van der Waals surface area contributed by atoms with Gasteiger partial charge < -0.3 is 0 Å². The van der Waals surface area contributed by atoms with Crippen LogP contribution in [0.2, 0.25) is 0 Å².